The Balaban J connectivity index is 1.74. The molecule has 0 aliphatic heterocycles. The fraction of sp³-hybridized carbons (Fsp3) is 0.278. The Morgan fingerprint density at radius 1 is 1.05 bits per heavy atom. The molecule has 0 aliphatic rings. The molecular weight excluding hydrogens is 276 g/mol. The van der Waals surface area contributed by atoms with Crippen molar-refractivity contribution >= 4 is 11.6 Å². The van der Waals surface area contributed by atoms with Crippen molar-refractivity contribution in [1.29, 1.82) is 0 Å². The van der Waals surface area contributed by atoms with E-state index in [1.807, 2.05) is 67.6 Å². The summed E-state index contributed by atoms with van der Waals surface area (Å²) in [6.45, 7) is 1.98. The van der Waals surface area contributed by atoms with E-state index in [9.17, 15) is 4.79 Å². The zero-order valence-corrected chi connectivity index (χ0v) is 12.7. The first-order valence-corrected chi connectivity index (χ1v) is 7.48. The summed E-state index contributed by atoms with van der Waals surface area (Å²) in [5.74, 6) is 0.662. The lowest BCUT2D eigenvalue weighted by molar-refractivity contribution is -0.117. The highest BCUT2D eigenvalue weighted by atomic mass is 16.5. The molecule has 0 aromatic heterocycles. The number of nitrogens with two attached hydrogens (primary N) is 1. The van der Waals surface area contributed by atoms with E-state index in [0.717, 1.165) is 17.9 Å². The molecule has 4 nitrogen and oxygen atoms in total. The molecule has 22 heavy (non-hydrogen) atoms. The van der Waals surface area contributed by atoms with Crippen molar-refractivity contribution in [1.82, 2.24) is 0 Å². The summed E-state index contributed by atoms with van der Waals surface area (Å²) in [6, 6.07) is 18.4. The first kappa shape index (κ1) is 16.0. The highest BCUT2D eigenvalue weighted by Gasteiger charge is 2.15. The smallest absolute Gasteiger partial charge is 0.241 e. The summed E-state index contributed by atoms with van der Waals surface area (Å²) in [5, 5.41) is 2.81. The predicted octanol–water partition coefficient (Wildman–Crippen LogP) is 3.20. The molecule has 2 rings (SSSR count). The number of carbonyl (C=O) groups excluding carboxylic acids is 1. The maximum Gasteiger partial charge on any atom is 0.241 e. The van der Waals surface area contributed by atoms with Gasteiger partial charge in [-0.2, -0.15) is 0 Å². The molecule has 0 spiro atoms. The van der Waals surface area contributed by atoms with E-state index >= 15 is 0 Å². The van der Waals surface area contributed by atoms with Gasteiger partial charge >= 0.3 is 0 Å². The second kappa shape index (κ2) is 8.20. The van der Waals surface area contributed by atoms with Gasteiger partial charge in [0.05, 0.1) is 12.1 Å². The molecule has 0 saturated heterocycles. The maximum absolute atomic E-state index is 12.0. The molecule has 0 bridgehead atoms. The van der Waals surface area contributed by atoms with Crippen LogP contribution < -0.4 is 15.8 Å². The molecule has 4 heteroatoms. The van der Waals surface area contributed by atoms with Crippen LogP contribution in [0.25, 0.3) is 0 Å². The van der Waals surface area contributed by atoms with Gasteiger partial charge in [-0.15, -0.1) is 0 Å². The average molecular weight is 298 g/mol. The van der Waals surface area contributed by atoms with E-state index in [4.69, 9.17) is 10.5 Å². The number of para-hydroxylation sites is 2. The van der Waals surface area contributed by atoms with Crippen LogP contribution in [0.1, 0.15) is 19.8 Å². The van der Waals surface area contributed by atoms with E-state index in [2.05, 4.69) is 5.32 Å². The van der Waals surface area contributed by atoms with Gasteiger partial charge in [-0.05, 0) is 44.0 Å². The first-order valence-electron chi connectivity index (χ1n) is 7.48. The van der Waals surface area contributed by atoms with Crippen LogP contribution in [0.4, 0.5) is 5.69 Å². The third kappa shape index (κ3) is 5.22. The lowest BCUT2D eigenvalue weighted by atomic mass is 10.1. The lowest BCUT2D eigenvalue weighted by Gasteiger charge is -2.17. The Morgan fingerprint density at radius 3 is 2.27 bits per heavy atom. The largest absolute Gasteiger partial charge is 0.491 e. The van der Waals surface area contributed by atoms with Gasteiger partial charge in [0.2, 0.25) is 5.91 Å². The molecule has 0 aliphatic carbocycles. The number of anilines is 1. The standard InChI is InChI=1S/C18H22N2O2/c1-14(22-16-10-6-3-7-11-16)12-13-17(19)18(21)20-15-8-4-2-5-9-15/h2-11,14,17H,12-13,19H2,1H3,(H,20,21). The van der Waals surface area contributed by atoms with Gasteiger partial charge in [0.1, 0.15) is 5.75 Å². The third-order valence-electron chi connectivity index (χ3n) is 3.34. The van der Waals surface area contributed by atoms with Crippen molar-refractivity contribution < 1.29 is 9.53 Å². The quantitative estimate of drug-likeness (QED) is 0.825. The van der Waals surface area contributed by atoms with Crippen LogP contribution in [0.5, 0.6) is 5.75 Å². The topological polar surface area (TPSA) is 64.4 Å². The molecule has 0 saturated carbocycles. The minimum atomic E-state index is -0.540. The zero-order valence-electron chi connectivity index (χ0n) is 12.7. The van der Waals surface area contributed by atoms with E-state index < -0.39 is 6.04 Å². The molecule has 0 heterocycles. The number of hydrogen-bond donors (Lipinski definition) is 2. The summed E-state index contributed by atoms with van der Waals surface area (Å²) in [4.78, 5) is 12.0. The number of hydrogen-bond acceptors (Lipinski definition) is 3. The molecule has 0 fully saturated rings. The number of nitrogens with one attached hydrogen (secondary N) is 1. The number of rotatable bonds is 7. The van der Waals surface area contributed by atoms with Crippen molar-refractivity contribution in [2.45, 2.75) is 31.9 Å². The molecular formula is C18H22N2O2. The number of amides is 1. The van der Waals surface area contributed by atoms with Gasteiger partial charge in [-0.3, -0.25) is 4.79 Å². The molecule has 2 unspecified atom stereocenters. The molecule has 3 N–H and O–H groups in total. The Kier molecular flexibility index (Phi) is 5.98. The Bertz CT molecular complexity index is 572. The minimum absolute atomic E-state index is 0.0120. The van der Waals surface area contributed by atoms with Crippen LogP contribution in [-0.2, 0) is 4.79 Å². The molecule has 0 radical (unpaired) electrons. The molecule has 2 aromatic rings. The lowest BCUT2D eigenvalue weighted by Crippen LogP contribution is -2.36. The molecule has 2 atom stereocenters. The SMILES string of the molecule is CC(CCC(N)C(=O)Nc1ccccc1)Oc1ccccc1. The fourth-order valence-corrected chi connectivity index (χ4v) is 2.09. The van der Waals surface area contributed by atoms with Gasteiger partial charge in [0.25, 0.3) is 0 Å². The van der Waals surface area contributed by atoms with Crippen molar-refractivity contribution in [2.24, 2.45) is 5.73 Å². The Hall–Kier alpha value is -2.33. The summed E-state index contributed by atoms with van der Waals surface area (Å²) in [7, 11) is 0. The van der Waals surface area contributed by atoms with Crippen molar-refractivity contribution in [3.05, 3.63) is 60.7 Å². The van der Waals surface area contributed by atoms with Crippen molar-refractivity contribution in [3.63, 3.8) is 0 Å². The number of carbonyl (C=O) groups is 1. The zero-order chi connectivity index (χ0) is 15.8. The van der Waals surface area contributed by atoms with E-state index in [0.29, 0.717) is 6.42 Å². The average Bonchev–Trinajstić information content (AvgIpc) is 2.54. The summed E-state index contributed by atoms with van der Waals surface area (Å²) in [5.41, 5.74) is 6.70. The molecule has 2 aromatic carbocycles. The summed E-state index contributed by atoms with van der Waals surface area (Å²) in [6.07, 6.45) is 1.31. The minimum Gasteiger partial charge on any atom is -0.491 e. The summed E-state index contributed by atoms with van der Waals surface area (Å²) >= 11 is 0. The van der Waals surface area contributed by atoms with Crippen LogP contribution >= 0.6 is 0 Å². The fourth-order valence-electron chi connectivity index (χ4n) is 2.09. The van der Waals surface area contributed by atoms with E-state index in [1.165, 1.54) is 0 Å². The van der Waals surface area contributed by atoms with Crippen LogP contribution in [0.15, 0.2) is 60.7 Å². The van der Waals surface area contributed by atoms with Crippen molar-refractivity contribution in [3.8, 4) is 5.75 Å². The predicted molar refractivity (Wildman–Crippen MR) is 88.8 cm³/mol. The van der Waals surface area contributed by atoms with Crippen LogP contribution in [0.3, 0.4) is 0 Å². The van der Waals surface area contributed by atoms with Gasteiger partial charge < -0.3 is 15.8 Å². The van der Waals surface area contributed by atoms with E-state index in [-0.39, 0.29) is 12.0 Å². The summed E-state index contributed by atoms with van der Waals surface area (Å²) < 4.78 is 5.78. The Labute approximate surface area is 131 Å². The second-order valence-electron chi connectivity index (χ2n) is 5.28. The maximum atomic E-state index is 12.0. The van der Waals surface area contributed by atoms with Crippen molar-refractivity contribution in [2.75, 3.05) is 5.32 Å². The van der Waals surface area contributed by atoms with Gasteiger partial charge in [0.15, 0.2) is 0 Å². The third-order valence-corrected chi connectivity index (χ3v) is 3.34. The normalized spacial score (nSPS) is 13.2. The highest BCUT2D eigenvalue weighted by molar-refractivity contribution is 5.94. The van der Waals surface area contributed by atoms with Crippen LogP contribution in [-0.4, -0.2) is 18.1 Å². The number of benzene rings is 2. The number of ether oxygens (including phenoxy) is 1. The molecule has 1 amide bonds. The van der Waals surface area contributed by atoms with Gasteiger partial charge in [0, 0.05) is 5.69 Å². The Morgan fingerprint density at radius 2 is 1.64 bits per heavy atom. The van der Waals surface area contributed by atoms with Gasteiger partial charge in [-0.1, -0.05) is 36.4 Å². The van der Waals surface area contributed by atoms with E-state index in [1.54, 1.807) is 0 Å². The monoisotopic (exact) mass is 298 g/mol. The van der Waals surface area contributed by atoms with Gasteiger partial charge in [-0.25, -0.2) is 0 Å². The second-order valence-corrected chi connectivity index (χ2v) is 5.28. The highest BCUT2D eigenvalue weighted by Crippen LogP contribution is 2.14. The van der Waals surface area contributed by atoms with Crippen LogP contribution in [0, 0.1) is 0 Å². The molecule has 116 valence electrons. The first-order chi connectivity index (χ1) is 10.6. The van der Waals surface area contributed by atoms with Crippen LogP contribution in [0.2, 0.25) is 0 Å².